The Kier molecular flexibility index (Phi) is 5.74. The zero-order chi connectivity index (χ0) is 16.5. The molecule has 0 spiro atoms. The van der Waals surface area contributed by atoms with Crippen LogP contribution >= 0.6 is 11.2 Å². The molecule has 2 N–H and O–H groups in total. The van der Waals surface area contributed by atoms with Crippen molar-refractivity contribution in [2.24, 2.45) is 0 Å². The van der Waals surface area contributed by atoms with Gasteiger partial charge >= 0.3 is 0 Å². The molecule has 0 unspecified atom stereocenters. The van der Waals surface area contributed by atoms with Crippen LogP contribution in [0.2, 0.25) is 58.9 Å². The molecule has 0 aliphatic carbocycles. The van der Waals surface area contributed by atoms with Crippen molar-refractivity contribution in [3.8, 4) is 0 Å². The molecule has 0 fully saturated rings. The summed E-state index contributed by atoms with van der Waals surface area (Å²) in [6.45, 7) is 20.8. The summed E-state index contributed by atoms with van der Waals surface area (Å²) in [6, 6.07) is 0. The Labute approximate surface area is 136 Å². The molecule has 21 heavy (non-hydrogen) atoms. The third-order valence-electron chi connectivity index (χ3n) is 2.21. The van der Waals surface area contributed by atoms with Crippen LogP contribution in [-0.2, 0) is 0 Å². The molecule has 0 saturated carbocycles. The predicted octanol–water partition coefficient (Wildman–Crippen LogP) is 4.90. The molecule has 1 aromatic heterocycles. The highest BCUT2D eigenvalue weighted by Crippen LogP contribution is 2.37. The fraction of sp³-hybridized carbons (Fsp3) is 0.692. The zero-order valence-electron chi connectivity index (χ0n) is 14.9. The summed E-state index contributed by atoms with van der Waals surface area (Å²) in [4.78, 5) is 16.5. The highest BCUT2D eigenvalue weighted by molar-refractivity contribution is 8.28. The maximum atomic E-state index is 4.56. The average molecular weight is 359 g/mol. The van der Waals surface area contributed by atoms with Crippen LogP contribution < -0.4 is 9.96 Å². The van der Waals surface area contributed by atoms with E-state index in [1.165, 1.54) is 0 Å². The third-order valence-corrected chi connectivity index (χ3v) is 7.73. The monoisotopic (exact) mass is 358 g/mol. The van der Waals surface area contributed by atoms with Crippen molar-refractivity contribution in [3.05, 3.63) is 6.33 Å². The second-order valence-electron chi connectivity index (χ2n) is 8.37. The van der Waals surface area contributed by atoms with Crippen molar-refractivity contribution in [2.75, 3.05) is 9.96 Å². The topological polar surface area (TPSA) is 49.8 Å². The number of nitrogens with one attached hydrogen (secondary N) is 2. The van der Waals surface area contributed by atoms with Crippen molar-refractivity contribution in [1.29, 1.82) is 0 Å². The van der Waals surface area contributed by atoms with Gasteiger partial charge < -0.3 is 9.96 Å². The number of aromatic nitrogens is 2. The second-order valence-corrected chi connectivity index (χ2v) is 27.0. The van der Waals surface area contributed by atoms with E-state index in [0.717, 1.165) is 16.5 Å². The highest BCUT2D eigenvalue weighted by Gasteiger charge is 2.26. The van der Waals surface area contributed by atoms with E-state index < -0.39 is 23.7 Å². The molecule has 0 aliphatic heterocycles. The summed E-state index contributed by atoms with van der Waals surface area (Å²) < 4.78 is 0. The lowest BCUT2D eigenvalue weighted by Crippen LogP contribution is -2.36. The van der Waals surface area contributed by atoms with Gasteiger partial charge in [-0.3, -0.25) is 0 Å². The molecule has 1 rings (SSSR count). The Morgan fingerprint density at radius 1 is 0.810 bits per heavy atom. The van der Waals surface area contributed by atoms with E-state index in [2.05, 4.69) is 78.9 Å². The van der Waals surface area contributed by atoms with Crippen LogP contribution in [0.4, 0.5) is 11.5 Å². The smallest absolute Gasteiger partial charge is 0.146 e. The minimum Gasteiger partial charge on any atom is -0.406 e. The molecule has 4 nitrogen and oxygen atoms in total. The lowest BCUT2D eigenvalue weighted by molar-refractivity contribution is 1.06. The number of hydrogen-bond donors (Lipinski definition) is 2. The standard InChI is InChI=1S/C13H30N4SSi3/c1-19(2,3)16-11-12(17-20(4,5)6)14-10-15-13(11)18-21(7,8)9/h10,16H,1-9H3,(H,14,15,17). The summed E-state index contributed by atoms with van der Waals surface area (Å²) >= 11 is 1.93. The van der Waals surface area contributed by atoms with Gasteiger partial charge in [0.15, 0.2) is 0 Å². The first-order valence-electron chi connectivity index (χ1n) is 7.37. The fourth-order valence-corrected chi connectivity index (χ4v) is 6.79. The minimum atomic E-state index is -1.46. The second kappa shape index (κ2) is 6.43. The summed E-state index contributed by atoms with van der Waals surface area (Å²) in [6.07, 6.45) is 1.69. The van der Waals surface area contributed by atoms with E-state index in [0.29, 0.717) is 0 Å². The largest absolute Gasteiger partial charge is 0.406 e. The number of nitrogens with zero attached hydrogens (tertiary/aromatic N) is 2. The van der Waals surface area contributed by atoms with Gasteiger partial charge in [-0.2, -0.15) is 0 Å². The molecule has 120 valence electrons. The van der Waals surface area contributed by atoms with Crippen LogP contribution in [0, 0.1) is 0 Å². The van der Waals surface area contributed by atoms with E-state index in [1.54, 1.807) is 6.33 Å². The number of anilines is 2. The van der Waals surface area contributed by atoms with Crippen LogP contribution in [0.25, 0.3) is 0 Å². The van der Waals surface area contributed by atoms with Crippen molar-refractivity contribution in [2.45, 2.75) is 63.9 Å². The average Bonchev–Trinajstić information content (AvgIpc) is 2.16. The van der Waals surface area contributed by atoms with Crippen molar-refractivity contribution >= 4 is 46.4 Å². The molecule has 1 aromatic rings. The minimum absolute atomic E-state index is 0.979. The van der Waals surface area contributed by atoms with Crippen LogP contribution in [0.15, 0.2) is 11.4 Å². The number of rotatable bonds is 6. The zero-order valence-corrected chi connectivity index (χ0v) is 18.7. The van der Waals surface area contributed by atoms with Gasteiger partial charge in [-0.05, 0) is 0 Å². The highest BCUT2D eigenvalue weighted by atomic mass is 32.4. The Morgan fingerprint density at radius 2 is 1.33 bits per heavy atom. The molecule has 0 aliphatic rings. The summed E-state index contributed by atoms with van der Waals surface area (Å²) in [5.74, 6) is 0.979. The Balaban J connectivity index is 3.27. The Morgan fingerprint density at radius 3 is 1.76 bits per heavy atom. The van der Waals surface area contributed by atoms with Gasteiger partial charge in [-0.1, -0.05) is 58.9 Å². The third kappa shape index (κ3) is 7.48. The predicted molar refractivity (Wildman–Crippen MR) is 105 cm³/mol. The first kappa shape index (κ1) is 18.7. The summed E-state index contributed by atoms with van der Waals surface area (Å²) in [5.41, 5.74) is 1.12. The van der Waals surface area contributed by atoms with Gasteiger partial charge in [0.25, 0.3) is 0 Å². The van der Waals surface area contributed by atoms with Crippen molar-refractivity contribution < 1.29 is 0 Å². The molecule has 0 aromatic carbocycles. The normalized spacial score (nSPS) is 13.2. The van der Waals surface area contributed by atoms with E-state index in [9.17, 15) is 0 Å². The SMILES string of the molecule is C[Si](C)(C)Nc1ncnc(S[Si](C)(C)C)c1N[Si](C)(C)C. The lowest BCUT2D eigenvalue weighted by Gasteiger charge is -2.28. The molecule has 0 bridgehead atoms. The molecule has 8 heteroatoms. The Hall–Kier alpha value is -0.319. The fourth-order valence-electron chi connectivity index (χ4n) is 1.67. The van der Waals surface area contributed by atoms with Crippen LogP contribution in [-0.4, -0.2) is 33.7 Å². The molecule has 0 saturated heterocycles. The molecular formula is C13H30N4SSi3. The van der Waals surface area contributed by atoms with Crippen molar-refractivity contribution in [1.82, 2.24) is 9.97 Å². The quantitative estimate of drug-likeness (QED) is 0.559. The lowest BCUT2D eigenvalue weighted by atomic mass is 10.5. The molecule has 0 amide bonds. The van der Waals surface area contributed by atoms with Crippen LogP contribution in [0.5, 0.6) is 0 Å². The van der Waals surface area contributed by atoms with Gasteiger partial charge in [0.2, 0.25) is 0 Å². The first-order valence-corrected chi connectivity index (χ1v) is 19.4. The van der Waals surface area contributed by atoms with E-state index in [-0.39, 0.29) is 0 Å². The maximum Gasteiger partial charge on any atom is 0.146 e. The van der Waals surface area contributed by atoms with Gasteiger partial charge in [0, 0.05) is 0 Å². The van der Waals surface area contributed by atoms with E-state index in [1.807, 2.05) is 11.2 Å². The maximum absolute atomic E-state index is 4.56. The van der Waals surface area contributed by atoms with Crippen LogP contribution in [0.1, 0.15) is 0 Å². The molecular weight excluding hydrogens is 328 g/mol. The molecule has 0 radical (unpaired) electrons. The first-order chi connectivity index (χ1) is 9.27. The molecule has 0 atom stereocenters. The molecule has 1 heterocycles. The van der Waals surface area contributed by atoms with Gasteiger partial charge in [0.05, 0.1) is 0 Å². The van der Waals surface area contributed by atoms with Gasteiger partial charge in [-0.15, -0.1) is 11.2 Å². The van der Waals surface area contributed by atoms with Crippen LogP contribution in [0.3, 0.4) is 0 Å². The van der Waals surface area contributed by atoms with E-state index >= 15 is 0 Å². The number of hydrogen-bond acceptors (Lipinski definition) is 5. The van der Waals surface area contributed by atoms with E-state index in [4.69, 9.17) is 0 Å². The van der Waals surface area contributed by atoms with Gasteiger partial charge in [0.1, 0.15) is 46.6 Å². The summed E-state index contributed by atoms with van der Waals surface area (Å²) in [5, 5.41) is 1.10. The van der Waals surface area contributed by atoms with Crippen molar-refractivity contribution in [3.63, 3.8) is 0 Å². The summed E-state index contributed by atoms with van der Waals surface area (Å²) in [7, 11) is -4.21. The van der Waals surface area contributed by atoms with Gasteiger partial charge in [-0.25, -0.2) is 9.97 Å². The Bertz CT molecular complexity index is 455.